The maximum Gasteiger partial charge on any atom is 0.254 e. The van der Waals surface area contributed by atoms with E-state index in [-0.39, 0.29) is 11.7 Å². The minimum absolute atomic E-state index is 0.0380. The van der Waals surface area contributed by atoms with Gasteiger partial charge < -0.3 is 9.80 Å². The third kappa shape index (κ3) is 3.49. The molecule has 0 bridgehead atoms. The maximum absolute atomic E-state index is 13.0. The van der Waals surface area contributed by atoms with E-state index in [0.717, 1.165) is 38.1 Å². The van der Waals surface area contributed by atoms with Gasteiger partial charge in [0.1, 0.15) is 5.82 Å². The number of benzene rings is 1. The Morgan fingerprint density at radius 3 is 2.50 bits per heavy atom. The summed E-state index contributed by atoms with van der Waals surface area (Å²) in [5.41, 5.74) is 0.594. The molecule has 1 aliphatic carbocycles. The zero-order valence-corrected chi connectivity index (χ0v) is 13.4. The second-order valence-corrected chi connectivity index (χ2v) is 6.93. The molecule has 1 aromatic rings. The molecule has 0 aromatic heterocycles. The van der Waals surface area contributed by atoms with Crippen molar-refractivity contribution in [2.24, 2.45) is 5.92 Å². The van der Waals surface area contributed by atoms with Gasteiger partial charge in [-0.05, 0) is 43.0 Å². The Morgan fingerprint density at radius 1 is 1.18 bits per heavy atom. The van der Waals surface area contributed by atoms with Crippen LogP contribution in [0, 0.1) is 11.7 Å². The maximum atomic E-state index is 13.0. The van der Waals surface area contributed by atoms with Crippen LogP contribution in [0.1, 0.15) is 43.0 Å². The molecule has 1 aromatic carbocycles. The van der Waals surface area contributed by atoms with Gasteiger partial charge in [-0.1, -0.05) is 13.3 Å². The summed E-state index contributed by atoms with van der Waals surface area (Å²) in [7, 11) is 0. The second-order valence-electron chi connectivity index (χ2n) is 6.93. The van der Waals surface area contributed by atoms with E-state index in [4.69, 9.17) is 0 Å². The largest absolute Gasteiger partial charge is 0.330 e. The lowest BCUT2D eigenvalue weighted by atomic mass is 9.86. The van der Waals surface area contributed by atoms with Crippen LogP contribution in [0.15, 0.2) is 24.3 Å². The first kappa shape index (κ1) is 15.5. The molecule has 22 heavy (non-hydrogen) atoms. The van der Waals surface area contributed by atoms with Gasteiger partial charge in [0, 0.05) is 12.0 Å². The highest BCUT2D eigenvalue weighted by Crippen LogP contribution is 2.22. The van der Waals surface area contributed by atoms with Crippen LogP contribution < -0.4 is 4.90 Å². The Balaban J connectivity index is 1.55. The Morgan fingerprint density at radius 2 is 1.86 bits per heavy atom. The monoisotopic (exact) mass is 305 g/mol. The van der Waals surface area contributed by atoms with Crippen molar-refractivity contribution in [1.82, 2.24) is 4.90 Å². The predicted octanol–water partition coefficient (Wildman–Crippen LogP) is 1.75. The average Bonchev–Trinajstić information content (AvgIpc) is 2.55. The van der Waals surface area contributed by atoms with Crippen LogP contribution in [-0.2, 0) is 0 Å². The number of nitrogens with zero attached hydrogens (tertiary/aromatic N) is 1. The fourth-order valence-electron chi connectivity index (χ4n) is 3.99. The van der Waals surface area contributed by atoms with Crippen LogP contribution in [-0.4, -0.2) is 43.0 Å². The molecule has 1 saturated carbocycles. The minimum Gasteiger partial charge on any atom is -0.330 e. The van der Waals surface area contributed by atoms with Crippen molar-refractivity contribution in [2.75, 3.05) is 26.2 Å². The van der Waals surface area contributed by atoms with E-state index in [1.54, 1.807) is 17.0 Å². The number of carbonyl (C=O) groups is 1. The van der Waals surface area contributed by atoms with Gasteiger partial charge in [0.05, 0.1) is 32.2 Å². The Labute approximate surface area is 132 Å². The first-order valence-corrected chi connectivity index (χ1v) is 8.53. The molecule has 1 aliphatic heterocycles. The van der Waals surface area contributed by atoms with E-state index < -0.39 is 0 Å². The molecule has 1 N–H and O–H groups in total. The summed E-state index contributed by atoms with van der Waals surface area (Å²) in [5, 5.41) is 0. The number of piperazine rings is 1. The highest BCUT2D eigenvalue weighted by Gasteiger charge is 2.32. The average molecular weight is 305 g/mol. The topological polar surface area (TPSA) is 24.8 Å². The first-order valence-electron chi connectivity index (χ1n) is 8.53. The number of nitrogens with one attached hydrogen (secondary N) is 1. The van der Waals surface area contributed by atoms with Crippen LogP contribution in [0.4, 0.5) is 4.39 Å². The molecule has 0 spiro atoms. The molecule has 2 atom stereocenters. The van der Waals surface area contributed by atoms with Crippen molar-refractivity contribution < 1.29 is 14.1 Å². The van der Waals surface area contributed by atoms with Crippen molar-refractivity contribution in [2.45, 2.75) is 38.6 Å². The van der Waals surface area contributed by atoms with Gasteiger partial charge >= 0.3 is 0 Å². The fourth-order valence-corrected chi connectivity index (χ4v) is 3.99. The highest BCUT2D eigenvalue weighted by molar-refractivity contribution is 5.94. The molecular weight excluding hydrogens is 279 g/mol. The highest BCUT2D eigenvalue weighted by atomic mass is 19.1. The number of hydrogen-bond donors (Lipinski definition) is 1. The van der Waals surface area contributed by atoms with Crippen LogP contribution in [0.5, 0.6) is 0 Å². The van der Waals surface area contributed by atoms with Gasteiger partial charge in [-0.15, -0.1) is 0 Å². The second kappa shape index (κ2) is 6.78. The summed E-state index contributed by atoms with van der Waals surface area (Å²) in [4.78, 5) is 16.0. The molecule has 120 valence electrons. The molecule has 1 amide bonds. The quantitative estimate of drug-likeness (QED) is 0.884. The van der Waals surface area contributed by atoms with Crippen LogP contribution >= 0.6 is 0 Å². The van der Waals surface area contributed by atoms with Crippen molar-refractivity contribution in [3.8, 4) is 0 Å². The zero-order valence-electron chi connectivity index (χ0n) is 13.4. The Kier molecular flexibility index (Phi) is 4.77. The zero-order chi connectivity index (χ0) is 15.5. The molecule has 0 radical (unpaired) electrons. The molecule has 3 nitrogen and oxygen atoms in total. The standard InChI is InChI=1S/C18H25FN2O/c1-14-3-2-4-17(13-14)20-9-11-21(12-10-20)18(22)15-5-7-16(19)8-6-15/h5-8,14,17H,2-4,9-13H2,1H3/p+1/t14-,17+/m1/s1. The number of amides is 1. The lowest BCUT2D eigenvalue weighted by molar-refractivity contribution is -0.930. The summed E-state index contributed by atoms with van der Waals surface area (Å²) < 4.78 is 13.0. The van der Waals surface area contributed by atoms with Gasteiger partial charge in [-0.25, -0.2) is 4.39 Å². The molecule has 0 unspecified atom stereocenters. The Bertz CT molecular complexity index is 508. The number of rotatable bonds is 2. The number of carbonyl (C=O) groups excluding carboxylic acids is 1. The minimum atomic E-state index is -0.294. The van der Waals surface area contributed by atoms with Crippen LogP contribution in [0.3, 0.4) is 0 Å². The van der Waals surface area contributed by atoms with Gasteiger partial charge in [0.15, 0.2) is 0 Å². The molecule has 2 fully saturated rings. The fraction of sp³-hybridized carbons (Fsp3) is 0.611. The summed E-state index contributed by atoms with van der Waals surface area (Å²) in [6, 6.07) is 6.67. The van der Waals surface area contributed by atoms with Gasteiger partial charge in [0.25, 0.3) is 5.91 Å². The lowest BCUT2D eigenvalue weighted by Gasteiger charge is -2.39. The molecular formula is C18H26FN2O+. The van der Waals surface area contributed by atoms with E-state index in [2.05, 4.69) is 6.92 Å². The smallest absolute Gasteiger partial charge is 0.254 e. The van der Waals surface area contributed by atoms with Gasteiger partial charge in [-0.3, -0.25) is 4.79 Å². The van der Waals surface area contributed by atoms with Gasteiger partial charge in [-0.2, -0.15) is 0 Å². The molecule has 3 rings (SSSR count). The van der Waals surface area contributed by atoms with Crippen molar-refractivity contribution in [1.29, 1.82) is 0 Å². The molecule has 2 aliphatic rings. The first-order chi connectivity index (χ1) is 10.6. The number of halogens is 1. The van der Waals surface area contributed by atoms with E-state index in [1.807, 2.05) is 4.90 Å². The van der Waals surface area contributed by atoms with E-state index in [9.17, 15) is 9.18 Å². The normalized spacial score (nSPS) is 26.9. The lowest BCUT2D eigenvalue weighted by Crippen LogP contribution is -3.18. The Hall–Kier alpha value is -1.42. The third-order valence-electron chi connectivity index (χ3n) is 5.30. The van der Waals surface area contributed by atoms with Gasteiger partial charge in [0.2, 0.25) is 0 Å². The number of quaternary nitrogens is 1. The SMILES string of the molecule is C[C@@H]1CCC[C@H]([NH+]2CCN(C(=O)c3ccc(F)cc3)CC2)C1. The third-order valence-corrected chi connectivity index (χ3v) is 5.30. The van der Waals surface area contributed by atoms with Crippen molar-refractivity contribution in [3.63, 3.8) is 0 Å². The summed E-state index contributed by atoms with van der Waals surface area (Å²) in [6.45, 7) is 6.08. The molecule has 1 heterocycles. The van der Waals surface area contributed by atoms with Crippen molar-refractivity contribution in [3.05, 3.63) is 35.6 Å². The van der Waals surface area contributed by atoms with E-state index in [0.29, 0.717) is 5.56 Å². The van der Waals surface area contributed by atoms with Crippen molar-refractivity contribution >= 4 is 5.91 Å². The predicted molar refractivity (Wildman–Crippen MR) is 84.4 cm³/mol. The molecule has 4 heteroatoms. The summed E-state index contributed by atoms with van der Waals surface area (Å²) >= 11 is 0. The van der Waals surface area contributed by atoms with E-state index >= 15 is 0 Å². The van der Waals surface area contributed by atoms with Crippen LogP contribution in [0.25, 0.3) is 0 Å². The van der Waals surface area contributed by atoms with Crippen LogP contribution in [0.2, 0.25) is 0 Å². The number of hydrogen-bond acceptors (Lipinski definition) is 1. The summed E-state index contributed by atoms with van der Waals surface area (Å²) in [6.07, 6.45) is 5.40. The van der Waals surface area contributed by atoms with E-state index in [1.165, 1.54) is 37.8 Å². The summed E-state index contributed by atoms with van der Waals surface area (Å²) in [5.74, 6) is 0.596. The molecule has 1 saturated heterocycles.